The molecule has 1 saturated heterocycles. The Morgan fingerprint density at radius 2 is 2.00 bits per heavy atom. The number of carboxylic acid groups (broad SMARTS) is 1. The van der Waals surface area contributed by atoms with E-state index >= 15 is 0 Å². The van der Waals surface area contributed by atoms with E-state index in [9.17, 15) is 28.8 Å². The van der Waals surface area contributed by atoms with Crippen LogP contribution in [0.5, 0.6) is 0 Å². The molecule has 2 aliphatic rings. The normalized spacial score (nSPS) is 20.7. The first kappa shape index (κ1) is 23.7. The van der Waals surface area contributed by atoms with Gasteiger partial charge >= 0.3 is 5.97 Å². The summed E-state index contributed by atoms with van der Waals surface area (Å²) in [6, 6.07) is 4.87. The number of aliphatic carboxylic acids is 1. The topological polar surface area (TPSA) is 166 Å². The number of fused-ring (bicyclic) bond motifs is 2. The molecule has 35 heavy (non-hydrogen) atoms. The van der Waals surface area contributed by atoms with Gasteiger partial charge in [0.25, 0.3) is 11.8 Å². The minimum absolute atomic E-state index is 0.00517. The van der Waals surface area contributed by atoms with E-state index in [1.54, 1.807) is 24.3 Å². The number of amides is 4. The summed E-state index contributed by atoms with van der Waals surface area (Å²) in [5.74, 6) is -3.93. The third kappa shape index (κ3) is 4.90. The molecule has 0 spiro atoms. The monoisotopic (exact) mass is 482 g/mol. The summed E-state index contributed by atoms with van der Waals surface area (Å²) in [6.07, 6.45) is 2.47. The van der Waals surface area contributed by atoms with Crippen molar-refractivity contribution in [1.29, 1.82) is 0 Å². The Bertz CT molecular complexity index is 1200. The molecule has 1 aromatic carbocycles. The molecule has 12 nitrogen and oxygen atoms in total. The Balaban J connectivity index is 1.55. The minimum atomic E-state index is -1.30. The van der Waals surface area contributed by atoms with Crippen LogP contribution in [0, 0.1) is 0 Å². The molecule has 4 rings (SSSR count). The Hall–Kier alpha value is -4.48. The lowest BCUT2D eigenvalue weighted by Gasteiger charge is -2.39. The van der Waals surface area contributed by atoms with E-state index in [-0.39, 0.29) is 31.3 Å². The average molecular weight is 482 g/mol. The molecule has 0 bridgehead atoms. The van der Waals surface area contributed by atoms with E-state index < -0.39 is 54.1 Å². The van der Waals surface area contributed by atoms with Gasteiger partial charge in [0.1, 0.15) is 24.0 Å². The zero-order chi connectivity index (χ0) is 25.1. The van der Waals surface area contributed by atoms with Crippen LogP contribution < -0.4 is 10.6 Å². The molecule has 2 aromatic rings. The molecule has 3 N–H and O–H groups in total. The van der Waals surface area contributed by atoms with Crippen LogP contribution in [0.1, 0.15) is 36.2 Å². The van der Waals surface area contributed by atoms with Crippen LogP contribution in [0.15, 0.2) is 47.0 Å². The van der Waals surface area contributed by atoms with Crippen molar-refractivity contribution in [2.24, 2.45) is 0 Å². The summed E-state index contributed by atoms with van der Waals surface area (Å²) in [7, 11) is 0. The lowest BCUT2D eigenvalue weighted by Crippen LogP contribution is -2.62. The SMILES string of the molecule is O=C[C@H](CC(=O)O)NC(=O)[C@@H]1CC=CN2C(=O)CC[C@H](NC(=O)c3cc4ccccc4o3)C(=O)N12. The van der Waals surface area contributed by atoms with Gasteiger partial charge in [0.05, 0.1) is 12.5 Å². The molecule has 0 aliphatic carbocycles. The van der Waals surface area contributed by atoms with E-state index in [4.69, 9.17) is 9.52 Å². The quantitative estimate of drug-likeness (QED) is 0.475. The number of carboxylic acids is 1. The lowest BCUT2D eigenvalue weighted by atomic mass is 10.1. The maximum absolute atomic E-state index is 13.4. The molecule has 0 unspecified atom stereocenters. The second-order valence-corrected chi connectivity index (χ2v) is 8.12. The number of nitrogens with zero attached hydrogens (tertiary/aromatic N) is 2. The molecular formula is C23H22N4O8. The summed E-state index contributed by atoms with van der Waals surface area (Å²) in [5.41, 5.74) is 0.496. The fourth-order valence-electron chi connectivity index (χ4n) is 4.02. The first-order valence-corrected chi connectivity index (χ1v) is 10.9. The molecule has 3 heterocycles. The van der Waals surface area contributed by atoms with Crippen molar-refractivity contribution in [2.75, 3.05) is 0 Å². The number of hydrazine groups is 1. The highest BCUT2D eigenvalue weighted by atomic mass is 16.4. The molecule has 1 aromatic heterocycles. The molecule has 2 aliphatic heterocycles. The predicted octanol–water partition coefficient (Wildman–Crippen LogP) is 0.342. The number of hydrogen-bond donors (Lipinski definition) is 3. The summed E-state index contributed by atoms with van der Waals surface area (Å²) in [6.45, 7) is 0. The number of furan rings is 1. The smallest absolute Gasteiger partial charge is 0.305 e. The van der Waals surface area contributed by atoms with Gasteiger partial charge in [-0.1, -0.05) is 24.3 Å². The first-order chi connectivity index (χ1) is 16.8. The Kier molecular flexibility index (Phi) is 6.62. The third-order valence-corrected chi connectivity index (χ3v) is 5.70. The van der Waals surface area contributed by atoms with Crippen LogP contribution in [-0.2, 0) is 24.0 Å². The molecule has 4 amide bonds. The van der Waals surface area contributed by atoms with Crippen molar-refractivity contribution in [2.45, 2.75) is 43.8 Å². The molecule has 0 radical (unpaired) electrons. The van der Waals surface area contributed by atoms with E-state index in [1.807, 2.05) is 0 Å². The maximum Gasteiger partial charge on any atom is 0.305 e. The number of carbonyl (C=O) groups excluding carboxylic acids is 5. The van der Waals surface area contributed by atoms with Crippen LogP contribution in [-0.4, -0.2) is 69.1 Å². The van der Waals surface area contributed by atoms with Gasteiger partial charge < -0.3 is 25.0 Å². The first-order valence-electron chi connectivity index (χ1n) is 10.9. The molecule has 12 heteroatoms. The molecule has 1 fully saturated rings. The zero-order valence-electron chi connectivity index (χ0n) is 18.4. The number of rotatable bonds is 7. The maximum atomic E-state index is 13.4. The van der Waals surface area contributed by atoms with Crippen LogP contribution in [0.3, 0.4) is 0 Å². The van der Waals surface area contributed by atoms with Crippen LogP contribution in [0.4, 0.5) is 0 Å². The van der Waals surface area contributed by atoms with Crippen LogP contribution in [0.25, 0.3) is 11.0 Å². The fourth-order valence-corrected chi connectivity index (χ4v) is 4.02. The highest BCUT2D eigenvalue weighted by Gasteiger charge is 2.43. The third-order valence-electron chi connectivity index (χ3n) is 5.70. The standard InChI is InChI=1S/C23H22N4O8/c28-12-14(11-20(30)31)24-21(32)16-5-3-9-26-19(29)8-7-15(23(34)27(16)26)25-22(33)18-10-13-4-1-2-6-17(13)35-18/h1-4,6,9-10,12,14-16H,5,7-8,11H2,(H,24,32)(H,25,33)(H,30,31)/t14-,15-,16-/m0/s1. The molecule has 182 valence electrons. The van der Waals surface area contributed by atoms with Crippen molar-refractivity contribution < 1.29 is 38.3 Å². The van der Waals surface area contributed by atoms with Gasteiger partial charge in [0.2, 0.25) is 11.8 Å². The van der Waals surface area contributed by atoms with E-state index in [0.29, 0.717) is 11.0 Å². The number of hydrogen-bond acceptors (Lipinski definition) is 7. The highest BCUT2D eigenvalue weighted by Crippen LogP contribution is 2.25. The number of carbonyl (C=O) groups is 6. The van der Waals surface area contributed by atoms with Gasteiger partial charge in [0.15, 0.2) is 5.76 Å². The second-order valence-electron chi connectivity index (χ2n) is 8.12. The second kappa shape index (κ2) is 9.79. The van der Waals surface area contributed by atoms with Crippen molar-refractivity contribution in [1.82, 2.24) is 20.7 Å². The van der Waals surface area contributed by atoms with Crippen molar-refractivity contribution in [3.05, 3.63) is 48.4 Å². The van der Waals surface area contributed by atoms with Gasteiger partial charge in [-0.3, -0.25) is 24.0 Å². The van der Waals surface area contributed by atoms with Gasteiger partial charge in [-0.2, -0.15) is 0 Å². The number of para-hydroxylation sites is 1. The van der Waals surface area contributed by atoms with Crippen LogP contribution >= 0.6 is 0 Å². The Morgan fingerprint density at radius 3 is 2.71 bits per heavy atom. The highest BCUT2D eigenvalue weighted by molar-refractivity contribution is 6.00. The summed E-state index contributed by atoms with van der Waals surface area (Å²) >= 11 is 0. The number of benzene rings is 1. The van der Waals surface area contributed by atoms with Gasteiger partial charge in [0, 0.05) is 18.0 Å². The largest absolute Gasteiger partial charge is 0.481 e. The van der Waals surface area contributed by atoms with E-state index in [1.165, 1.54) is 18.3 Å². The molecule has 3 atom stereocenters. The summed E-state index contributed by atoms with van der Waals surface area (Å²) in [5, 5.41) is 16.4. The predicted molar refractivity (Wildman–Crippen MR) is 118 cm³/mol. The summed E-state index contributed by atoms with van der Waals surface area (Å²) in [4.78, 5) is 73.9. The van der Waals surface area contributed by atoms with Gasteiger partial charge in [-0.25, -0.2) is 10.0 Å². The molecule has 0 saturated carbocycles. The van der Waals surface area contributed by atoms with Crippen molar-refractivity contribution in [3.63, 3.8) is 0 Å². The van der Waals surface area contributed by atoms with Gasteiger partial charge in [-0.15, -0.1) is 0 Å². The number of aldehydes is 1. The van der Waals surface area contributed by atoms with Gasteiger partial charge in [-0.05, 0) is 25.0 Å². The lowest BCUT2D eigenvalue weighted by molar-refractivity contribution is -0.166. The zero-order valence-corrected chi connectivity index (χ0v) is 18.4. The molecular weight excluding hydrogens is 460 g/mol. The van der Waals surface area contributed by atoms with Crippen molar-refractivity contribution in [3.8, 4) is 0 Å². The van der Waals surface area contributed by atoms with E-state index in [0.717, 1.165) is 10.0 Å². The average Bonchev–Trinajstić information content (AvgIpc) is 3.24. The Morgan fingerprint density at radius 1 is 1.23 bits per heavy atom. The minimum Gasteiger partial charge on any atom is -0.481 e. The number of nitrogens with one attached hydrogen (secondary N) is 2. The van der Waals surface area contributed by atoms with Crippen LogP contribution in [0.2, 0.25) is 0 Å². The van der Waals surface area contributed by atoms with E-state index in [2.05, 4.69) is 10.6 Å². The Labute approximate surface area is 198 Å². The van der Waals surface area contributed by atoms with Crippen molar-refractivity contribution >= 4 is 46.9 Å². The summed E-state index contributed by atoms with van der Waals surface area (Å²) < 4.78 is 5.54. The fraction of sp³-hybridized carbons (Fsp3) is 0.304.